The first-order chi connectivity index (χ1) is 17.9. The van der Waals surface area contributed by atoms with E-state index >= 15 is 0 Å². The number of hydrogen-bond acceptors (Lipinski definition) is 9. The molecule has 1 aromatic carbocycles. The van der Waals surface area contributed by atoms with Crippen molar-refractivity contribution in [2.75, 3.05) is 57.8 Å². The Bertz CT molecular complexity index is 994. The van der Waals surface area contributed by atoms with E-state index in [4.69, 9.17) is 9.57 Å². The number of carbonyl (C=O) groups excluding carboxylic acids is 4. The Balaban J connectivity index is 0.00000267. The van der Waals surface area contributed by atoms with Gasteiger partial charge in [0.2, 0.25) is 5.91 Å². The van der Waals surface area contributed by atoms with E-state index in [1.807, 2.05) is 38.2 Å². The van der Waals surface area contributed by atoms with Crippen LogP contribution in [0.1, 0.15) is 37.9 Å². The van der Waals surface area contributed by atoms with Gasteiger partial charge in [-0.2, -0.15) is 5.43 Å². The average molecular weight is 591 g/mol. The monoisotopic (exact) mass is 589 g/mol. The number of amides is 4. The third kappa shape index (κ3) is 8.83. The van der Waals surface area contributed by atoms with Gasteiger partial charge in [-0.05, 0) is 42.8 Å². The van der Waals surface area contributed by atoms with Crippen molar-refractivity contribution in [2.24, 2.45) is 0 Å². The number of hydrazine groups is 1. The molecule has 0 radical (unpaired) electrons. The average Bonchev–Trinajstić information content (AvgIpc) is 3.57. The van der Waals surface area contributed by atoms with E-state index in [0.29, 0.717) is 32.7 Å². The Labute approximate surface area is 240 Å². The van der Waals surface area contributed by atoms with Gasteiger partial charge in [-0.15, -0.1) is 24.8 Å². The molecule has 3 N–H and O–H groups in total. The van der Waals surface area contributed by atoms with Crippen LogP contribution in [0.25, 0.3) is 0 Å². The zero-order chi connectivity index (χ0) is 26.4. The quantitative estimate of drug-likeness (QED) is 0.287. The number of anilines is 1. The number of likely N-dealkylation sites (N-methyl/N-ethyl adjacent to an activating group) is 1. The number of hydrogen-bond donors (Lipinski definition) is 3. The highest BCUT2D eigenvalue weighted by Crippen LogP contribution is 2.31. The highest BCUT2D eigenvalue weighted by molar-refractivity contribution is 6.01. The van der Waals surface area contributed by atoms with Crippen molar-refractivity contribution in [1.82, 2.24) is 31.0 Å². The Kier molecular flexibility index (Phi) is 12.5. The van der Waals surface area contributed by atoms with Gasteiger partial charge in [-0.25, -0.2) is 9.59 Å². The molecule has 39 heavy (non-hydrogen) atoms. The summed E-state index contributed by atoms with van der Waals surface area (Å²) in [6.45, 7) is 5.79. The minimum absolute atomic E-state index is 0. The number of urea groups is 1. The van der Waals surface area contributed by atoms with E-state index in [-0.39, 0.29) is 61.9 Å². The molecule has 4 amide bonds. The van der Waals surface area contributed by atoms with Gasteiger partial charge in [0.25, 0.3) is 0 Å². The second-order valence-electron chi connectivity index (χ2n) is 9.30. The number of piperazine rings is 1. The zero-order valence-electron chi connectivity index (χ0n) is 22.1. The van der Waals surface area contributed by atoms with Crippen molar-refractivity contribution in [3.05, 3.63) is 29.8 Å². The van der Waals surface area contributed by atoms with Crippen LogP contribution in [0.4, 0.5) is 15.3 Å². The van der Waals surface area contributed by atoms with Gasteiger partial charge >= 0.3 is 18.1 Å². The number of esters is 1. The molecule has 0 aromatic heterocycles. The SMILES string of the molecule is CCCOC(=O)CCNC(=O)N[C@H]1CCN(c2ccc(C3NN3OC(=O)N3CCN(C)CC3)cc2)C1=O.Cl.Cl. The Hall–Kier alpha value is -2.84. The summed E-state index contributed by atoms with van der Waals surface area (Å²) in [5.41, 5.74) is 4.63. The summed E-state index contributed by atoms with van der Waals surface area (Å²) < 4.78 is 4.96. The van der Waals surface area contributed by atoms with Crippen molar-refractivity contribution in [3.63, 3.8) is 0 Å². The highest BCUT2D eigenvalue weighted by atomic mass is 35.5. The molecule has 218 valence electrons. The van der Waals surface area contributed by atoms with E-state index < -0.39 is 12.1 Å². The predicted octanol–water partition coefficient (Wildman–Crippen LogP) is 1.40. The lowest BCUT2D eigenvalue weighted by atomic mass is 10.2. The van der Waals surface area contributed by atoms with Gasteiger partial charge in [0.05, 0.1) is 13.0 Å². The number of ether oxygens (including phenoxy) is 1. The van der Waals surface area contributed by atoms with Crippen LogP contribution in [0, 0.1) is 0 Å². The molecule has 2 unspecified atom stereocenters. The number of benzene rings is 1. The summed E-state index contributed by atoms with van der Waals surface area (Å²) in [4.78, 5) is 59.7. The molecule has 0 spiro atoms. The summed E-state index contributed by atoms with van der Waals surface area (Å²) in [7, 11) is 2.02. The van der Waals surface area contributed by atoms with Crippen LogP contribution in [0.2, 0.25) is 0 Å². The van der Waals surface area contributed by atoms with Crippen molar-refractivity contribution in [2.45, 2.75) is 38.4 Å². The van der Waals surface area contributed by atoms with E-state index in [1.165, 1.54) is 5.17 Å². The van der Waals surface area contributed by atoms with E-state index in [1.54, 1.807) is 9.80 Å². The van der Waals surface area contributed by atoms with Gasteiger partial charge in [0.1, 0.15) is 6.04 Å². The molecule has 0 saturated carbocycles. The Morgan fingerprint density at radius 3 is 2.41 bits per heavy atom. The van der Waals surface area contributed by atoms with Gasteiger partial charge in [0.15, 0.2) is 6.17 Å². The van der Waals surface area contributed by atoms with E-state index in [9.17, 15) is 19.2 Å². The first kappa shape index (κ1) is 32.4. The Morgan fingerprint density at radius 1 is 1.05 bits per heavy atom. The standard InChI is InChI=1S/C24H35N7O6.2ClH/c1-3-16-36-20(32)8-10-25-23(34)26-19-9-11-30(22(19)33)18-6-4-17(5-7-18)21-27-31(21)37-24(35)29-14-12-28(2)13-15-29;;/h4-7,19,21,27H,3,8-16H2,1-2H3,(H2,25,26,34);2*1H/t19-,21?,31?;;/m0../s1. The summed E-state index contributed by atoms with van der Waals surface area (Å²) in [6.07, 6.45) is 0.684. The fourth-order valence-electron chi connectivity index (χ4n) is 4.19. The van der Waals surface area contributed by atoms with Gasteiger partial charge in [-0.1, -0.05) is 19.1 Å². The van der Waals surface area contributed by atoms with Crippen LogP contribution in [-0.2, 0) is 19.2 Å². The number of halogens is 2. The van der Waals surface area contributed by atoms with Crippen LogP contribution in [0.3, 0.4) is 0 Å². The second-order valence-corrected chi connectivity index (χ2v) is 9.30. The van der Waals surface area contributed by atoms with Gasteiger partial charge in [-0.3, -0.25) is 9.59 Å². The number of nitrogens with one attached hydrogen (secondary N) is 3. The smallest absolute Gasteiger partial charge is 0.430 e. The molecule has 15 heteroatoms. The van der Waals surface area contributed by atoms with Crippen LogP contribution < -0.4 is 21.0 Å². The molecule has 3 aliphatic rings. The third-order valence-electron chi connectivity index (χ3n) is 6.47. The largest absolute Gasteiger partial charge is 0.466 e. The lowest BCUT2D eigenvalue weighted by Crippen LogP contribution is -2.47. The first-order valence-electron chi connectivity index (χ1n) is 12.7. The topological polar surface area (TPSA) is 145 Å². The summed E-state index contributed by atoms with van der Waals surface area (Å²) in [5, 5.41) is 6.67. The van der Waals surface area contributed by atoms with Crippen molar-refractivity contribution in [3.8, 4) is 0 Å². The van der Waals surface area contributed by atoms with Crippen LogP contribution in [0.15, 0.2) is 24.3 Å². The fraction of sp³-hybridized carbons (Fsp3) is 0.583. The molecule has 3 heterocycles. The van der Waals surface area contributed by atoms with Crippen molar-refractivity contribution < 1.29 is 28.8 Å². The van der Waals surface area contributed by atoms with Gasteiger partial charge in [0, 0.05) is 45.0 Å². The maximum atomic E-state index is 12.8. The number of nitrogens with zero attached hydrogens (tertiary/aromatic N) is 4. The molecule has 0 bridgehead atoms. The van der Waals surface area contributed by atoms with Crippen molar-refractivity contribution in [1.29, 1.82) is 0 Å². The minimum Gasteiger partial charge on any atom is -0.466 e. The second kappa shape index (κ2) is 15.1. The zero-order valence-corrected chi connectivity index (χ0v) is 23.7. The summed E-state index contributed by atoms with van der Waals surface area (Å²) in [6, 6.07) is 6.27. The van der Waals surface area contributed by atoms with E-state index in [2.05, 4.69) is 21.0 Å². The van der Waals surface area contributed by atoms with Crippen LogP contribution >= 0.6 is 24.8 Å². The molecular formula is C24H37Cl2N7O6. The molecule has 1 aromatic rings. The number of rotatable bonds is 9. The number of hydroxylamine groups is 1. The molecular weight excluding hydrogens is 553 g/mol. The summed E-state index contributed by atoms with van der Waals surface area (Å²) in [5.74, 6) is -0.566. The molecule has 3 saturated heterocycles. The molecule has 3 fully saturated rings. The number of carbonyl (C=O) groups is 4. The molecule has 13 nitrogen and oxygen atoms in total. The molecule has 3 aliphatic heterocycles. The first-order valence-corrected chi connectivity index (χ1v) is 12.7. The maximum Gasteiger partial charge on any atom is 0.430 e. The highest BCUT2D eigenvalue weighted by Gasteiger charge is 2.41. The van der Waals surface area contributed by atoms with Crippen LogP contribution in [-0.4, -0.2) is 97.9 Å². The third-order valence-corrected chi connectivity index (χ3v) is 6.47. The molecule has 0 aliphatic carbocycles. The van der Waals surface area contributed by atoms with E-state index in [0.717, 1.165) is 30.8 Å². The normalized spacial score (nSPS) is 22.3. The lowest BCUT2D eigenvalue weighted by molar-refractivity contribution is -0.143. The predicted molar refractivity (Wildman–Crippen MR) is 147 cm³/mol. The molecule has 3 atom stereocenters. The lowest BCUT2D eigenvalue weighted by Gasteiger charge is -2.31. The summed E-state index contributed by atoms with van der Waals surface area (Å²) >= 11 is 0. The van der Waals surface area contributed by atoms with Crippen LogP contribution in [0.5, 0.6) is 0 Å². The van der Waals surface area contributed by atoms with Crippen molar-refractivity contribution >= 4 is 54.5 Å². The maximum absolute atomic E-state index is 12.8. The Morgan fingerprint density at radius 2 is 1.74 bits per heavy atom. The minimum atomic E-state index is -0.638. The van der Waals surface area contributed by atoms with Gasteiger partial charge < -0.3 is 34.9 Å². The fourth-order valence-corrected chi connectivity index (χ4v) is 4.19. The molecule has 4 rings (SSSR count).